The average Bonchev–Trinajstić information content (AvgIpc) is 3.13. The minimum atomic E-state index is -0.0132. The summed E-state index contributed by atoms with van der Waals surface area (Å²) in [6, 6.07) is 54.4. The van der Waals surface area contributed by atoms with E-state index in [4.69, 9.17) is 0 Å². The lowest BCUT2D eigenvalue weighted by Crippen LogP contribution is -2.32. The lowest BCUT2D eigenvalue weighted by atomic mass is 9.63. The second-order valence-electron chi connectivity index (χ2n) is 14.4. The first-order valence-electron chi connectivity index (χ1n) is 17.9. The summed E-state index contributed by atoms with van der Waals surface area (Å²) < 4.78 is 0. The van der Waals surface area contributed by atoms with Gasteiger partial charge in [0.1, 0.15) is 0 Å². The molecule has 2 heteroatoms. The van der Waals surface area contributed by atoms with Gasteiger partial charge in [0, 0.05) is 39.5 Å². The highest BCUT2D eigenvalue weighted by Gasteiger charge is 2.37. The molecule has 0 radical (unpaired) electrons. The van der Waals surface area contributed by atoms with Crippen LogP contribution in [0.15, 0.2) is 146 Å². The molecular weight excluding hydrogens is 593 g/mol. The molecule has 246 valence electrons. The fraction of sp³-hybridized carbons (Fsp3) is 0.234. The Hall–Kier alpha value is -5.08. The molecule has 0 N–H and O–H groups in total. The molecule has 49 heavy (non-hydrogen) atoms. The molecule has 0 heterocycles. The number of hydrogen-bond acceptors (Lipinski definition) is 2. The highest BCUT2D eigenvalue weighted by atomic mass is 15.1. The van der Waals surface area contributed by atoms with Crippen molar-refractivity contribution in [3.63, 3.8) is 0 Å². The van der Waals surface area contributed by atoms with Crippen LogP contribution in [0.25, 0.3) is 0 Å². The molecule has 0 unspecified atom stereocenters. The van der Waals surface area contributed by atoms with Crippen molar-refractivity contribution in [1.82, 2.24) is 0 Å². The highest BCUT2D eigenvalue weighted by molar-refractivity contribution is 5.78. The number of aryl methyl sites for hydroxylation is 4. The summed E-state index contributed by atoms with van der Waals surface area (Å²) in [4.78, 5) is 4.75. The molecular formula is C47H48N2. The Morgan fingerprint density at radius 3 is 0.837 bits per heavy atom. The molecule has 7 rings (SSSR count). The monoisotopic (exact) mass is 640 g/mol. The third-order valence-electron chi connectivity index (χ3n) is 10.7. The molecule has 0 atom stereocenters. The van der Waals surface area contributed by atoms with E-state index >= 15 is 0 Å². The minimum Gasteiger partial charge on any atom is -0.311 e. The molecule has 0 aliphatic heterocycles. The summed E-state index contributed by atoms with van der Waals surface area (Å²) in [7, 11) is 0. The summed E-state index contributed by atoms with van der Waals surface area (Å²) in [5.41, 5.74) is 14.9. The molecule has 6 aromatic rings. The van der Waals surface area contributed by atoms with E-state index in [1.54, 1.807) is 0 Å². The summed E-state index contributed by atoms with van der Waals surface area (Å²) in [6.07, 6.45) is 4.79. The molecule has 0 amide bonds. The lowest BCUT2D eigenvalue weighted by molar-refractivity contribution is 0.280. The van der Waals surface area contributed by atoms with Gasteiger partial charge in [-0.2, -0.15) is 0 Å². The Labute approximate surface area is 293 Å². The molecule has 1 aliphatic rings. The van der Waals surface area contributed by atoms with Crippen molar-refractivity contribution >= 4 is 34.1 Å². The maximum absolute atomic E-state index is 2.41. The lowest BCUT2D eigenvalue weighted by Gasteiger charge is -2.41. The summed E-state index contributed by atoms with van der Waals surface area (Å²) in [5.74, 6) is 0.754. The topological polar surface area (TPSA) is 6.48 Å². The Kier molecular flexibility index (Phi) is 9.15. The Bertz CT molecular complexity index is 1730. The van der Waals surface area contributed by atoms with Gasteiger partial charge < -0.3 is 9.80 Å². The van der Waals surface area contributed by atoms with Crippen LogP contribution < -0.4 is 9.80 Å². The van der Waals surface area contributed by atoms with E-state index in [9.17, 15) is 0 Å². The normalized spacial score (nSPS) is 14.4. The predicted molar refractivity (Wildman–Crippen MR) is 210 cm³/mol. The molecule has 1 fully saturated rings. The number of nitrogens with zero attached hydrogens (tertiary/aromatic N) is 2. The van der Waals surface area contributed by atoms with Gasteiger partial charge in [-0.15, -0.1) is 0 Å². The van der Waals surface area contributed by atoms with Gasteiger partial charge in [-0.05, 0) is 143 Å². The quantitative estimate of drug-likeness (QED) is 0.163. The smallest absolute Gasteiger partial charge is 0.0461 e. The largest absolute Gasteiger partial charge is 0.311 e. The van der Waals surface area contributed by atoms with Gasteiger partial charge in [-0.1, -0.05) is 102 Å². The van der Waals surface area contributed by atoms with Gasteiger partial charge in [0.15, 0.2) is 0 Å². The fourth-order valence-electron chi connectivity index (χ4n) is 7.53. The molecule has 0 aromatic heterocycles. The minimum absolute atomic E-state index is 0.0132. The first-order chi connectivity index (χ1) is 23.8. The maximum Gasteiger partial charge on any atom is 0.0461 e. The molecule has 1 aliphatic carbocycles. The van der Waals surface area contributed by atoms with Crippen LogP contribution >= 0.6 is 0 Å². The van der Waals surface area contributed by atoms with Crippen LogP contribution in [0.2, 0.25) is 0 Å². The average molecular weight is 641 g/mol. The number of rotatable bonds is 8. The molecule has 0 spiro atoms. The SMILES string of the molecule is Cc1ccc(N(c2ccc(C)cc2)c2ccc(C3(c4ccc(N(c5ccc(C)cc5)c5ccc(C)cc5)cc4)CCC(C)CC3)cc2)cc1. The van der Waals surface area contributed by atoms with Gasteiger partial charge in [0.05, 0.1) is 0 Å². The van der Waals surface area contributed by atoms with E-state index in [1.807, 2.05) is 0 Å². The van der Waals surface area contributed by atoms with Crippen molar-refractivity contribution < 1.29 is 0 Å². The number of benzene rings is 6. The van der Waals surface area contributed by atoms with Crippen molar-refractivity contribution in [2.75, 3.05) is 9.80 Å². The zero-order valence-electron chi connectivity index (χ0n) is 29.7. The second-order valence-corrected chi connectivity index (χ2v) is 14.4. The Morgan fingerprint density at radius 1 is 0.367 bits per heavy atom. The fourth-order valence-corrected chi connectivity index (χ4v) is 7.53. The summed E-state index contributed by atoms with van der Waals surface area (Å²) in [6.45, 7) is 11.0. The van der Waals surface area contributed by atoms with Crippen LogP contribution in [0.1, 0.15) is 66.0 Å². The maximum atomic E-state index is 2.41. The van der Waals surface area contributed by atoms with Gasteiger partial charge in [-0.25, -0.2) is 0 Å². The van der Waals surface area contributed by atoms with Crippen molar-refractivity contribution in [1.29, 1.82) is 0 Å². The van der Waals surface area contributed by atoms with Crippen LogP contribution in [-0.4, -0.2) is 0 Å². The summed E-state index contributed by atoms with van der Waals surface area (Å²) >= 11 is 0. The molecule has 2 nitrogen and oxygen atoms in total. The molecule has 0 bridgehead atoms. The third-order valence-corrected chi connectivity index (χ3v) is 10.7. The third kappa shape index (κ3) is 6.78. The Morgan fingerprint density at radius 2 is 0.592 bits per heavy atom. The molecule has 0 saturated heterocycles. The van der Waals surface area contributed by atoms with Crippen molar-refractivity contribution in [3.05, 3.63) is 179 Å². The van der Waals surface area contributed by atoms with Gasteiger partial charge >= 0.3 is 0 Å². The van der Waals surface area contributed by atoms with Gasteiger partial charge in [-0.3, -0.25) is 0 Å². The van der Waals surface area contributed by atoms with Gasteiger partial charge in [0.25, 0.3) is 0 Å². The molecule has 6 aromatic carbocycles. The number of hydrogen-bond donors (Lipinski definition) is 0. The van der Waals surface area contributed by atoms with Crippen LogP contribution in [0, 0.1) is 33.6 Å². The van der Waals surface area contributed by atoms with Gasteiger partial charge in [0.2, 0.25) is 0 Å². The van der Waals surface area contributed by atoms with E-state index in [2.05, 4.69) is 190 Å². The van der Waals surface area contributed by atoms with E-state index < -0.39 is 0 Å². The summed E-state index contributed by atoms with van der Waals surface area (Å²) in [5, 5.41) is 0. The van der Waals surface area contributed by atoms with Crippen LogP contribution in [0.4, 0.5) is 34.1 Å². The van der Waals surface area contributed by atoms with Crippen molar-refractivity contribution in [2.24, 2.45) is 5.92 Å². The van der Waals surface area contributed by atoms with Crippen molar-refractivity contribution in [2.45, 2.75) is 65.7 Å². The van der Waals surface area contributed by atoms with E-state index in [-0.39, 0.29) is 5.41 Å². The second kappa shape index (κ2) is 13.8. The zero-order chi connectivity index (χ0) is 34.0. The van der Waals surface area contributed by atoms with E-state index in [1.165, 1.54) is 80.3 Å². The van der Waals surface area contributed by atoms with E-state index in [0.717, 1.165) is 18.8 Å². The Balaban J connectivity index is 1.26. The van der Waals surface area contributed by atoms with Crippen LogP contribution in [0.3, 0.4) is 0 Å². The predicted octanol–water partition coefficient (Wildman–Crippen LogP) is 13.4. The zero-order valence-corrected chi connectivity index (χ0v) is 29.7. The van der Waals surface area contributed by atoms with Crippen LogP contribution in [0.5, 0.6) is 0 Å². The number of anilines is 6. The first kappa shape index (κ1) is 32.5. The highest BCUT2D eigenvalue weighted by Crippen LogP contribution is 2.48. The van der Waals surface area contributed by atoms with Crippen molar-refractivity contribution in [3.8, 4) is 0 Å². The first-order valence-corrected chi connectivity index (χ1v) is 17.9. The van der Waals surface area contributed by atoms with Crippen LogP contribution in [-0.2, 0) is 5.41 Å². The standard InChI is InChI=1S/C47H48N2/c1-34-6-18-41(19-7-34)48(42-20-8-35(2)9-21-42)45-26-14-39(15-27-45)47(32-30-38(5)31-33-47)40-16-28-46(29-17-40)49(43-22-10-36(3)11-23-43)44-24-12-37(4)13-25-44/h6-29,38H,30-33H2,1-5H3. The van der Waals surface area contributed by atoms with E-state index in [0.29, 0.717) is 0 Å². The molecule has 1 saturated carbocycles.